The lowest BCUT2D eigenvalue weighted by Gasteiger charge is -2.47. The number of halogens is 2. The van der Waals surface area contributed by atoms with Crippen LogP contribution < -0.4 is 0 Å². The van der Waals surface area contributed by atoms with Crippen molar-refractivity contribution >= 4 is 5.97 Å². The van der Waals surface area contributed by atoms with Gasteiger partial charge in [0.2, 0.25) is 0 Å². The minimum Gasteiger partial charge on any atom is -0.477 e. The summed E-state index contributed by atoms with van der Waals surface area (Å²) in [4.78, 5) is 11.1. The smallest absolute Gasteiger partial charge is 0.377 e. The van der Waals surface area contributed by atoms with Crippen molar-refractivity contribution in [2.45, 2.75) is 30.5 Å². The molecule has 7 aliphatic rings. The van der Waals surface area contributed by atoms with E-state index in [0.717, 1.165) is 6.42 Å². The number of carboxylic acid groups (broad SMARTS) is 1. The Kier molecular flexibility index (Phi) is 1.14. The highest BCUT2D eigenvalue weighted by atomic mass is 19.3. The van der Waals surface area contributed by atoms with Gasteiger partial charge in [-0.2, -0.15) is 8.78 Å². The molecule has 102 valence electrons. The van der Waals surface area contributed by atoms with E-state index in [-0.39, 0.29) is 23.7 Å². The molecule has 2 saturated heterocycles. The van der Waals surface area contributed by atoms with Gasteiger partial charge in [0.05, 0.1) is 5.60 Å². The molecule has 5 heteroatoms. The van der Waals surface area contributed by atoms with Crippen molar-refractivity contribution in [3.63, 3.8) is 0 Å². The van der Waals surface area contributed by atoms with Crippen molar-refractivity contribution in [1.82, 2.24) is 0 Å². The first kappa shape index (κ1) is 10.1. The summed E-state index contributed by atoms with van der Waals surface area (Å²) in [7, 11) is 0. The van der Waals surface area contributed by atoms with E-state index in [1.165, 1.54) is 0 Å². The Bertz CT molecular complexity index is 577. The monoisotopic (exact) mass is 268 g/mol. The summed E-state index contributed by atoms with van der Waals surface area (Å²) in [5.41, 5.74) is -2.12. The van der Waals surface area contributed by atoms with Gasteiger partial charge in [-0.25, -0.2) is 4.79 Å². The summed E-state index contributed by atoms with van der Waals surface area (Å²) >= 11 is 0. The maximum atomic E-state index is 14.5. The standard InChI is InChI=1S/C14H14F2O3/c1-12-7-3-2-4-6-5(3)9(12)10(6)13(19-12,8(4)7)14(15,16)11(17)18/h3-10H,2H2,1H3,(H,17,18)/t3-,4+,5-,6+,7+,8+,9-,10-,12-,13-/m1/s1. The van der Waals surface area contributed by atoms with Gasteiger partial charge in [-0.3, -0.25) is 0 Å². The summed E-state index contributed by atoms with van der Waals surface area (Å²) in [6.45, 7) is 1.98. The Hall–Kier alpha value is -0.710. The van der Waals surface area contributed by atoms with Crippen LogP contribution in [0.2, 0.25) is 0 Å². The van der Waals surface area contributed by atoms with Crippen LogP contribution in [0.25, 0.3) is 0 Å². The molecule has 0 aromatic heterocycles. The maximum Gasteiger partial charge on any atom is 0.377 e. The number of alkyl halides is 2. The first-order chi connectivity index (χ1) is 8.87. The second-order valence-corrected chi connectivity index (χ2v) is 7.78. The van der Waals surface area contributed by atoms with Crippen molar-refractivity contribution in [3.05, 3.63) is 0 Å². The lowest BCUT2D eigenvalue weighted by atomic mass is 9.54. The van der Waals surface area contributed by atoms with Gasteiger partial charge in [-0.05, 0) is 48.9 Å². The Morgan fingerprint density at radius 2 is 1.84 bits per heavy atom. The van der Waals surface area contributed by atoms with Gasteiger partial charge in [0.1, 0.15) is 0 Å². The first-order valence-electron chi connectivity index (χ1n) is 7.19. The number of ether oxygens (including phenoxy) is 1. The number of carbonyl (C=O) groups is 1. The topological polar surface area (TPSA) is 46.5 Å². The molecule has 0 amide bonds. The van der Waals surface area contributed by atoms with Gasteiger partial charge < -0.3 is 9.84 Å². The molecule has 3 nitrogen and oxygen atoms in total. The number of carboxylic acids is 1. The SMILES string of the molecule is C[C@]12O[C@@]3(C(F)(F)C(=O)O)[C@@H]4[C@H]5[C@@H]6C[C@H]([C@H]5[C@H]41)[C@H]2[C@H]63. The largest absolute Gasteiger partial charge is 0.477 e. The van der Waals surface area contributed by atoms with E-state index in [2.05, 4.69) is 0 Å². The lowest BCUT2D eigenvalue weighted by Crippen LogP contribution is -2.61. The molecule has 5 saturated carbocycles. The zero-order valence-electron chi connectivity index (χ0n) is 10.3. The molecular weight excluding hydrogens is 254 g/mol. The fourth-order valence-corrected chi connectivity index (χ4v) is 8.24. The molecule has 0 aromatic rings. The van der Waals surface area contributed by atoms with Gasteiger partial charge in [-0.1, -0.05) is 0 Å². The molecule has 0 radical (unpaired) electrons. The number of hydrogen-bond donors (Lipinski definition) is 1. The molecule has 4 bridgehead atoms. The van der Waals surface area contributed by atoms with Crippen LogP contribution in [0.3, 0.4) is 0 Å². The summed E-state index contributed by atoms with van der Waals surface area (Å²) in [5.74, 6) is -3.94. The summed E-state index contributed by atoms with van der Waals surface area (Å²) in [6, 6.07) is 0. The van der Waals surface area contributed by atoms with Gasteiger partial charge in [-0.15, -0.1) is 0 Å². The van der Waals surface area contributed by atoms with Crippen LogP contribution in [-0.2, 0) is 9.53 Å². The van der Waals surface area contributed by atoms with E-state index in [4.69, 9.17) is 9.84 Å². The predicted molar refractivity (Wildman–Crippen MR) is 57.3 cm³/mol. The molecule has 1 N–H and O–H groups in total. The number of hydrogen-bond acceptors (Lipinski definition) is 2. The summed E-state index contributed by atoms with van der Waals surface area (Å²) < 4.78 is 34.9. The van der Waals surface area contributed by atoms with Crippen molar-refractivity contribution in [1.29, 1.82) is 0 Å². The zero-order chi connectivity index (χ0) is 13.1. The number of rotatable bonds is 2. The van der Waals surface area contributed by atoms with E-state index in [1.54, 1.807) is 0 Å². The third-order valence-corrected chi connectivity index (χ3v) is 7.97. The molecule has 7 fully saturated rings. The van der Waals surface area contributed by atoms with E-state index >= 15 is 0 Å². The second-order valence-electron chi connectivity index (χ2n) is 7.78. The van der Waals surface area contributed by atoms with E-state index in [9.17, 15) is 13.6 Å². The lowest BCUT2D eigenvalue weighted by molar-refractivity contribution is -0.227. The van der Waals surface area contributed by atoms with E-state index in [1.807, 2.05) is 6.92 Å². The second kappa shape index (κ2) is 2.14. The Balaban J connectivity index is 1.67. The minimum atomic E-state index is -3.73. The predicted octanol–water partition coefficient (Wildman–Crippen LogP) is 1.62. The van der Waals surface area contributed by atoms with Gasteiger partial charge in [0, 0.05) is 11.8 Å². The average molecular weight is 268 g/mol. The van der Waals surface area contributed by atoms with Gasteiger partial charge >= 0.3 is 11.9 Å². The van der Waals surface area contributed by atoms with Crippen LogP contribution in [0.1, 0.15) is 13.3 Å². The van der Waals surface area contributed by atoms with Crippen molar-refractivity contribution in [2.24, 2.45) is 47.3 Å². The fraction of sp³-hybridized carbons (Fsp3) is 0.929. The van der Waals surface area contributed by atoms with Crippen LogP contribution in [-0.4, -0.2) is 28.2 Å². The molecule has 0 aromatic carbocycles. The maximum absolute atomic E-state index is 14.5. The van der Waals surface area contributed by atoms with Crippen LogP contribution in [0.4, 0.5) is 8.78 Å². The Morgan fingerprint density at radius 3 is 2.53 bits per heavy atom. The third kappa shape index (κ3) is 0.569. The molecular formula is C14H14F2O3. The Labute approximate surface area is 108 Å². The summed E-state index contributed by atoms with van der Waals surface area (Å²) in [6.07, 6.45) is 1.05. The molecule has 2 heterocycles. The quantitative estimate of drug-likeness (QED) is 0.828. The van der Waals surface area contributed by atoms with Crippen molar-refractivity contribution in [2.75, 3.05) is 0 Å². The zero-order valence-corrected chi connectivity index (χ0v) is 10.3. The fourth-order valence-electron chi connectivity index (χ4n) is 8.24. The molecule has 7 rings (SSSR count). The molecule has 19 heavy (non-hydrogen) atoms. The van der Waals surface area contributed by atoms with Crippen LogP contribution in [0.5, 0.6) is 0 Å². The van der Waals surface area contributed by atoms with E-state index in [0.29, 0.717) is 23.7 Å². The molecule has 0 unspecified atom stereocenters. The van der Waals surface area contributed by atoms with Crippen molar-refractivity contribution in [3.8, 4) is 0 Å². The van der Waals surface area contributed by atoms with Gasteiger partial charge in [0.25, 0.3) is 0 Å². The summed E-state index contributed by atoms with van der Waals surface area (Å²) in [5, 5.41) is 9.03. The molecule has 2 aliphatic heterocycles. The van der Waals surface area contributed by atoms with Crippen LogP contribution in [0.15, 0.2) is 0 Å². The molecule has 0 spiro atoms. The highest BCUT2D eigenvalue weighted by Gasteiger charge is 3.00. The first-order valence-corrected chi connectivity index (χ1v) is 7.19. The Morgan fingerprint density at radius 1 is 1.21 bits per heavy atom. The van der Waals surface area contributed by atoms with Crippen LogP contribution >= 0.6 is 0 Å². The van der Waals surface area contributed by atoms with Crippen LogP contribution in [0, 0.1) is 47.3 Å². The normalized spacial score (nSPS) is 72.4. The highest BCUT2D eigenvalue weighted by Crippen LogP contribution is 2.94. The third-order valence-electron chi connectivity index (χ3n) is 7.97. The number of aliphatic carboxylic acids is 1. The van der Waals surface area contributed by atoms with Gasteiger partial charge in [0.15, 0.2) is 5.60 Å². The molecule has 5 aliphatic carbocycles. The average Bonchev–Trinajstić information content (AvgIpc) is 2.88. The molecule has 10 atom stereocenters. The minimum absolute atomic E-state index is 0.188. The van der Waals surface area contributed by atoms with E-state index < -0.39 is 23.1 Å². The van der Waals surface area contributed by atoms with Crippen molar-refractivity contribution < 1.29 is 23.4 Å². The highest BCUT2D eigenvalue weighted by molar-refractivity contribution is 5.78.